The van der Waals surface area contributed by atoms with Crippen molar-refractivity contribution >= 4 is 23.4 Å². The minimum absolute atomic E-state index is 0.209. The Bertz CT molecular complexity index is 1010. The summed E-state index contributed by atoms with van der Waals surface area (Å²) in [6.07, 6.45) is 1.48. The van der Waals surface area contributed by atoms with Gasteiger partial charge in [-0.05, 0) is 36.6 Å². The Morgan fingerprint density at radius 3 is 2.57 bits per heavy atom. The molecule has 1 aliphatic rings. The minimum Gasteiger partial charge on any atom is -0.339 e. The minimum atomic E-state index is -0.852. The van der Waals surface area contributed by atoms with Crippen molar-refractivity contribution in [3.8, 4) is 6.07 Å². The Kier molecular flexibility index (Phi) is 5.91. The summed E-state index contributed by atoms with van der Waals surface area (Å²) in [5, 5.41) is 19.9. The molecule has 0 aliphatic heterocycles. The fourth-order valence-electron chi connectivity index (χ4n) is 3.10. The number of benzene rings is 1. The zero-order valence-electron chi connectivity index (χ0n) is 17.6. The molecule has 158 valence electrons. The van der Waals surface area contributed by atoms with Crippen molar-refractivity contribution in [3.63, 3.8) is 0 Å². The summed E-state index contributed by atoms with van der Waals surface area (Å²) in [5.41, 5.74) is 0.932. The highest BCUT2D eigenvalue weighted by Gasteiger charge is 2.45. The number of nitriles is 1. The molecular formula is C22H26ClN5O2. The molecule has 2 amide bonds. The first-order chi connectivity index (χ1) is 14.0. The number of carbonyl (C=O) groups excluding carboxylic acids is 2. The van der Waals surface area contributed by atoms with E-state index in [1.165, 1.54) is 4.68 Å². The van der Waals surface area contributed by atoms with Crippen LogP contribution in [-0.4, -0.2) is 33.2 Å². The molecule has 0 unspecified atom stereocenters. The summed E-state index contributed by atoms with van der Waals surface area (Å²) in [4.78, 5) is 25.9. The van der Waals surface area contributed by atoms with Crippen molar-refractivity contribution in [2.24, 2.45) is 7.05 Å². The first kappa shape index (κ1) is 21.8. The molecule has 8 heteroatoms. The third kappa shape index (κ3) is 5.00. The third-order valence-corrected chi connectivity index (χ3v) is 5.39. The van der Waals surface area contributed by atoms with Gasteiger partial charge in [0.2, 0.25) is 5.91 Å². The van der Waals surface area contributed by atoms with E-state index in [1.807, 2.05) is 26.8 Å². The number of halogens is 1. The van der Waals surface area contributed by atoms with Crippen LogP contribution in [0.2, 0.25) is 5.02 Å². The highest BCUT2D eigenvalue weighted by atomic mass is 35.5. The summed E-state index contributed by atoms with van der Waals surface area (Å²) in [6.45, 7) is 6.05. The van der Waals surface area contributed by atoms with Gasteiger partial charge in [0.25, 0.3) is 5.91 Å². The molecular weight excluding hydrogens is 402 g/mol. The summed E-state index contributed by atoms with van der Waals surface area (Å²) in [6, 6.07) is 10.2. The quantitative estimate of drug-likeness (QED) is 0.740. The maximum absolute atomic E-state index is 13.0. The average Bonchev–Trinajstić information content (AvgIpc) is 3.31. The third-order valence-electron chi connectivity index (χ3n) is 5.16. The van der Waals surface area contributed by atoms with Crippen LogP contribution in [0.15, 0.2) is 30.3 Å². The van der Waals surface area contributed by atoms with Crippen molar-refractivity contribution in [1.29, 1.82) is 5.26 Å². The van der Waals surface area contributed by atoms with Crippen molar-refractivity contribution in [2.75, 3.05) is 0 Å². The highest BCUT2D eigenvalue weighted by Crippen LogP contribution is 2.34. The number of nitrogens with zero attached hydrogens (tertiary/aromatic N) is 3. The molecule has 0 saturated heterocycles. The number of aromatic nitrogens is 2. The first-order valence-electron chi connectivity index (χ1n) is 9.86. The standard InChI is InChI=1S/C22H26ClN5O2/c1-21(2,3)18-12-17(28(4)27-18)20(30)25-16(11-14-6-5-7-15(23)10-14)19(29)26-22(13-24)8-9-22/h5-7,10,12,16H,8-9,11H2,1-4H3,(H,25,30)(H,26,29)/t16-/m0/s1. The number of rotatable bonds is 6. The molecule has 0 bridgehead atoms. The van der Waals surface area contributed by atoms with E-state index in [2.05, 4.69) is 21.8 Å². The zero-order valence-corrected chi connectivity index (χ0v) is 18.4. The Hall–Kier alpha value is -2.85. The molecule has 1 aromatic heterocycles. The SMILES string of the molecule is Cn1nc(C(C)(C)C)cc1C(=O)N[C@@H](Cc1cccc(Cl)c1)C(=O)NC1(C#N)CC1. The molecule has 1 saturated carbocycles. The van der Waals surface area contributed by atoms with Crippen LogP contribution in [0, 0.1) is 11.3 Å². The van der Waals surface area contributed by atoms with E-state index in [-0.39, 0.29) is 17.7 Å². The van der Waals surface area contributed by atoms with Crippen LogP contribution in [0.5, 0.6) is 0 Å². The second-order valence-electron chi connectivity index (χ2n) is 8.83. The predicted molar refractivity (Wildman–Crippen MR) is 114 cm³/mol. The first-order valence-corrected chi connectivity index (χ1v) is 10.2. The Morgan fingerprint density at radius 1 is 1.33 bits per heavy atom. The largest absolute Gasteiger partial charge is 0.339 e. The van der Waals surface area contributed by atoms with Gasteiger partial charge in [-0.25, -0.2) is 0 Å². The summed E-state index contributed by atoms with van der Waals surface area (Å²) >= 11 is 6.07. The molecule has 1 aromatic carbocycles. The van der Waals surface area contributed by atoms with Crippen LogP contribution < -0.4 is 10.6 Å². The van der Waals surface area contributed by atoms with E-state index in [0.717, 1.165) is 11.3 Å². The molecule has 2 N–H and O–H groups in total. The van der Waals surface area contributed by atoms with Crippen LogP contribution in [0.25, 0.3) is 0 Å². The van der Waals surface area contributed by atoms with Gasteiger partial charge in [-0.1, -0.05) is 44.5 Å². The van der Waals surface area contributed by atoms with Gasteiger partial charge in [0.15, 0.2) is 0 Å². The molecule has 1 aliphatic carbocycles. The number of hydrogen-bond acceptors (Lipinski definition) is 4. The molecule has 3 rings (SSSR count). The van der Waals surface area contributed by atoms with E-state index in [1.54, 1.807) is 31.3 Å². The molecule has 1 atom stereocenters. The van der Waals surface area contributed by atoms with Crippen LogP contribution in [0.3, 0.4) is 0 Å². The summed E-state index contributed by atoms with van der Waals surface area (Å²) in [5.74, 6) is -0.787. The van der Waals surface area contributed by atoms with Crippen LogP contribution in [0.4, 0.5) is 0 Å². The predicted octanol–water partition coefficient (Wildman–Crippen LogP) is 2.88. The van der Waals surface area contributed by atoms with Gasteiger partial charge in [-0.15, -0.1) is 0 Å². The van der Waals surface area contributed by atoms with E-state index in [0.29, 0.717) is 23.6 Å². The lowest BCUT2D eigenvalue weighted by Crippen LogP contribution is -2.51. The molecule has 30 heavy (non-hydrogen) atoms. The number of amides is 2. The Labute approximate surface area is 181 Å². The Balaban J connectivity index is 1.83. The lowest BCUT2D eigenvalue weighted by Gasteiger charge is -2.20. The fraction of sp³-hybridized carbons (Fsp3) is 0.455. The summed E-state index contributed by atoms with van der Waals surface area (Å²) in [7, 11) is 1.70. The topological polar surface area (TPSA) is 99.8 Å². The number of hydrogen-bond donors (Lipinski definition) is 2. The van der Waals surface area contributed by atoms with Crippen molar-refractivity contribution in [2.45, 2.75) is 57.0 Å². The zero-order chi connectivity index (χ0) is 22.1. The second-order valence-corrected chi connectivity index (χ2v) is 9.27. The van der Waals surface area contributed by atoms with E-state index in [4.69, 9.17) is 11.6 Å². The normalized spacial score (nSPS) is 15.7. The van der Waals surface area contributed by atoms with Gasteiger partial charge in [0, 0.05) is 23.9 Å². The smallest absolute Gasteiger partial charge is 0.270 e. The Morgan fingerprint density at radius 2 is 2.03 bits per heavy atom. The van der Waals surface area contributed by atoms with Gasteiger partial charge in [0.05, 0.1) is 11.8 Å². The molecule has 1 heterocycles. The number of nitrogens with one attached hydrogen (secondary N) is 2. The van der Waals surface area contributed by atoms with E-state index >= 15 is 0 Å². The van der Waals surface area contributed by atoms with Gasteiger partial charge >= 0.3 is 0 Å². The lowest BCUT2D eigenvalue weighted by molar-refractivity contribution is -0.123. The monoisotopic (exact) mass is 427 g/mol. The van der Waals surface area contributed by atoms with E-state index < -0.39 is 17.5 Å². The fourth-order valence-corrected chi connectivity index (χ4v) is 3.31. The maximum atomic E-state index is 13.0. The average molecular weight is 428 g/mol. The molecule has 0 spiro atoms. The highest BCUT2D eigenvalue weighted by molar-refractivity contribution is 6.30. The molecule has 0 radical (unpaired) electrons. The van der Waals surface area contributed by atoms with Crippen molar-refractivity contribution < 1.29 is 9.59 Å². The van der Waals surface area contributed by atoms with Gasteiger partial charge in [0.1, 0.15) is 17.3 Å². The van der Waals surface area contributed by atoms with Gasteiger partial charge in [-0.2, -0.15) is 10.4 Å². The van der Waals surface area contributed by atoms with Crippen molar-refractivity contribution in [3.05, 3.63) is 52.3 Å². The van der Waals surface area contributed by atoms with Gasteiger partial charge in [-0.3, -0.25) is 14.3 Å². The maximum Gasteiger partial charge on any atom is 0.270 e. The lowest BCUT2D eigenvalue weighted by atomic mass is 9.92. The molecule has 2 aromatic rings. The van der Waals surface area contributed by atoms with Crippen LogP contribution in [0.1, 0.15) is 55.4 Å². The van der Waals surface area contributed by atoms with E-state index in [9.17, 15) is 14.9 Å². The number of carbonyl (C=O) groups is 2. The van der Waals surface area contributed by atoms with Crippen LogP contribution in [-0.2, 0) is 23.7 Å². The molecule has 1 fully saturated rings. The molecule has 7 nitrogen and oxygen atoms in total. The van der Waals surface area contributed by atoms with Crippen molar-refractivity contribution in [1.82, 2.24) is 20.4 Å². The van der Waals surface area contributed by atoms with Crippen LogP contribution >= 0.6 is 11.6 Å². The van der Waals surface area contributed by atoms with Gasteiger partial charge < -0.3 is 10.6 Å². The second kappa shape index (κ2) is 8.11. The number of aryl methyl sites for hydroxylation is 1. The summed E-state index contributed by atoms with van der Waals surface area (Å²) < 4.78 is 1.52.